The SMILES string of the molecule is NC(c1cc(C(F)(F)F)ccc1Cl)C(N)c1cc(C(F)(F)F)ccc1Cl. The van der Waals surface area contributed by atoms with Gasteiger partial charge in [0.1, 0.15) is 0 Å². The van der Waals surface area contributed by atoms with Crippen LogP contribution in [0.25, 0.3) is 0 Å². The van der Waals surface area contributed by atoms with E-state index in [9.17, 15) is 26.3 Å². The quantitative estimate of drug-likeness (QED) is 0.627. The molecule has 0 aliphatic carbocycles. The summed E-state index contributed by atoms with van der Waals surface area (Å²) in [6.07, 6.45) is -9.28. The minimum absolute atomic E-state index is 0.0935. The molecule has 2 unspecified atom stereocenters. The van der Waals surface area contributed by atoms with E-state index in [1.54, 1.807) is 0 Å². The minimum Gasteiger partial charge on any atom is -0.322 e. The van der Waals surface area contributed by atoms with Gasteiger partial charge in [0, 0.05) is 10.0 Å². The van der Waals surface area contributed by atoms with Crippen molar-refractivity contribution in [3.63, 3.8) is 0 Å². The molecule has 0 spiro atoms. The summed E-state index contributed by atoms with van der Waals surface area (Å²) >= 11 is 11.8. The van der Waals surface area contributed by atoms with Gasteiger partial charge in [-0.2, -0.15) is 26.3 Å². The van der Waals surface area contributed by atoms with Gasteiger partial charge in [-0.1, -0.05) is 23.2 Å². The number of nitrogens with two attached hydrogens (primary N) is 2. The molecule has 10 heteroatoms. The molecule has 2 atom stereocenters. The van der Waals surface area contributed by atoms with Crippen molar-refractivity contribution in [2.24, 2.45) is 11.5 Å². The highest BCUT2D eigenvalue weighted by molar-refractivity contribution is 6.32. The first kappa shape index (κ1) is 20.8. The highest BCUT2D eigenvalue weighted by atomic mass is 35.5. The zero-order chi connectivity index (χ0) is 19.9. The number of benzene rings is 2. The van der Waals surface area contributed by atoms with Crippen LogP contribution in [0, 0.1) is 0 Å². The zero-order valence-corrected chi connectivity index (χ0v) is 14.3. The standard InChI is InChI=1S/C16H12Cl2F6N2/c17-11-3-1-7(15(19,20)21)5-9(11)13(25)14(26)10-6-8(16(22,23)24)2-4-12(10)18/h1-6,13-14H,25-26H2. The normalized spacial score (nSPS) is 15.0. The van der Waals surface area contributed by atoms with Crippen LogP contribution in [-0.2, 0) is 12.4 Å². The fourth-order valence-electron chi connectivity index (χ4n) is 2.34. The van der Waals surface area contributed by atoms with E-state index in [1.807, 2.05) is 0 Å². The van der Waals surface area contributed by atoms with Crippen LogP contribution in [0.4, 0.5) is 26.3 Å². The lowest BCUT2D eigenvalue weighted by molar-refractivity contribution is -0.138. The summed E-state index contributed by atoms with van der Waals surface area (Å²) in [7, 11) is 0. The summed E-state index contributed by atoms with van der Waals surface area (Å²) in [5, 5.41) is -0.187. The molecule has 2 aromatic carbocycles. The average Bonchev–Trinajstić information content (AvgIpc) is 2.52. The number of hydrogen-bond donors (Lipinski definition) is 2. The summed E-state index contributed by atoms with van der Waals surface area (Å²) in [5.74, 6) is 0. The molecule has 2 rings (SSSR count). The number of alkyl halides is 6. The largest absolute Gasteiger partial charge is 0.416 e. The van der Waals surface area contributed by atoms with Gasteiger partial charge in [-0.15, -0.1) is 0 Å². The monoisotopic (exact) mass is 416 g/mol. The van der Waals surface area contributed by atoms with Crippen molar-refractivity contribution in [1.29, 1.82) is 0 Å². The van der Waals surface area contributed by atoms with Gasteiger partial charge >= 0.3 is 12.4 Å². The van der Waals surface area contributed by atoms with Crippen LogP contribution < -0.4 is 11.5 Å². The molecule has 0 aliphatic rings. The third-order valence-electron chi connectivity index (χ3n) is 3.75. The van der Waals surface area contributed by atoms with Gasteiger partial charge in [-0.05, 0) is 47.5 Å². The van der Waals surface area contributed by atoms with Crippen molar-refractivity contribution >= 4 is 23.2 Å². The molecule has 2 aromatic rings. The molecule has 0 aromatic heterocycles. The minimum atomic E-state index is -4.64. The predicted octanol–water partition coefficient (Wildman–Crippen LogP) is 5.73. The van der Waals surface area contributed by atoms with Crippen LogP contribution in [0.3, 0.4) is 0 Å². The van der Waals surface area contributed by atoms with Gasteiger partial charge in [-0.3, -0.25) is 0 Å². The van der Waals surface area contributed by atoms with E-state index in [0.717, 1.165) is 24.3 Å². The topological polar surface area (TPSA) is 52.0 Å². The first-order valence-corrected chi connectivity index (χ1v) is 7.82. The number of rotatable bonds is 3. The lowest BCUT2D eigenvalue weighted by Crippen LogP contribution is -2.27. The van der Waals surface area contributed by atoms with E-state index in [4.69, 9.17) is 34.7 Å². The Labute approximate surface area is 154 Å². The first-order chi connectivity index (χ1) is 11.8. The maximum Gasteiger partial charge on any atom is 0.416 e. The third-order valence-corrected chi connectivity index (χ3v) is 4.44. The molecule has 0 saturated carbocycles. The molecule has 142 valence electrons. The van der Waals surface area contributed by atoms with Gasteiger partial charge in [0.15, 0.2) is 0 Å². The Morgan fingerprint density at radius 3 is 1.23 bits per heavy atom. The molecule has 0 aliphatic heterocycles. The van der Waals surface area contributed by atoms with Crippen LogP contribution in [0.2, 0.25) is 10.0 Å². The summed E-state index contributed by atoms with van der Waals surface area (Å²) in [4.78, 5) is 0. The summed E-state index contributed by atoms with van der Waals surface area (Å²) in [5.41, 5.74) is 9.48. The van der Waals surface area contributed by atoms with Crippen LogP contribution >= 0.6 is 23.2 Å². The van der Waals surface area contributed by atoms with Gasteiger partial charge in [-0.25, -0.2) is 0 Å². The van der Waals surface area contributed by atoms with Crippen molar-refractivity contribution in [2.45, 2.75) is 24.4 Å². The molecule has 0 bridgehead atoms. The molecule has 0 heterocycles. The smallest absolute Gasteiger partial charge is 0.322 e. The van der Waals surface area contributed by atoms with E-state index in [0.29, 0.717) is 12.1 Å². The van der Waals surface area contributed by atoms with Crippen molar-refractivity contribution < 1.29 is 26.3 Å². The molecular weight excluding hydrogens is 405 g/mol. The lowest BCUT2D eigenvalue weighted by Gasteiger charge is -2.24. The fourth-order valence-corrected chi connectivity index (χ4v) is 2.83. The second kappa shape index (κ2) is 7.26. The van der Waals surface area contributed by atoms with Crippen molar-refractivity contribution in [1.82, 2.24) is 0 Å². The van der Waals surface area contributed by atoms with E-state index < -0.39 is 35.6 Å². The molecule has 0 amide bonds. The van der Waals surface area contributed by atoms with Crippen LogP contribution in [-0.4, -0.2) is 0 Å². The number of hydrogen-bond acceptors (Lipinski definition) is 2. The Balaban J connectivity index is 2.46. The highest BCUT2D eigenvalue weighted by Gasteiger charge is 2.34. The Hall–Kier alpha value is -1.48. The average molecular weight is 417 g/mol. The molecule has 0 saturated heterocycles. The third kappa shape index (κ3) is 4.43. The van der Waals surface area contributed by atoms with Crippen LogP contribution in [0.15, 0.2) is 36.4 Å². The molecular formula is C16H12Cl2F6N2. The number of halogens is 8. The maximum atomic E-state index is 12.9. The lowest BCUT2D eigenvalue weighted by atomic mass is 9.92. The van der Waals surface area contributed by atoms with E-state index >= 15 is 0 Å². The van der Waals surface area contributed by atoms with Gasteiger partial charge < -0.3 is 11.5 Å². The fraction of sp³-hybridized carbons (Fsp3) is 0.250. The predicted molar refractivity (Wildman–Crippen MR) is 86.8 cm³/mol. The van der Waals surface area contributed by atoms with E-state index in [1.165, 1.54) is 0 Å². The molecule has 0 radical (unpaired) electrons. The van der Waals surface area contributed by atoms with E-state index in [2.05, 4.69) is 0 Å². The summed E-state index contributed by atoms with van der Waals surface area (Å²) in [6, 6.07) is 2.34. The summed E-state index contributed by atoms with van der Waals surface area (Å²) in [6.45, 7) is 0. The Bertz CT molecular complexity index is 737. The highest BCUT2D eigenvalue weighted by Crippen LogP contribution is 2.39. The van der Waals surface area contributed by atoms with E-state index in [-0.39, 0.29) is 21.2 Å². The Morgan fingerprint density at radius 2 is 0.962 bits per heavy atom. The Morgan fingerprint density at radius 1 is 0.654 bits per heavy atom. The second-order valence-electron chi connectivity index (χ2n) is 5.52. The molecule has 2 nitrogen and oxygen atoms in total. The summed E-state index contributed by atoms with van der Waals surface area (Å²) < 4.78 is 77.2. The first-order valence-electron chi connectivity index (χ1n) is 7.07. The molecule has 26 heavy (non-hydrogen) atoms. The Kier molecular flexibility index (Phi) is 5.82. The molecule has 4 N–H and O–H groups in total. The van der Waals surface area contributed by atoms with Crippen molar-refractivity contribution in [3.8, 4) is 0 Å². The zero-order valence-electron chi connectivity index (χ0n) is 12.8. The van der Waals surface area contributed by atoms with Crippen molar-refractivity contribution in [3.05, 3.63) is 68.7 Å². The van der Waals surface area contributed by atoms with Crippen molar-refractivity contribution in [2.75, 3.05) is 0 Å². The van der Waals surface area contributed by atoms with Gasteiger partial charge in [0.05, 0.1) is 23.2 Å². The van der Waals surface area contributed by atoms with Gasteiger partial charge in [0.2, 0.25) is 0 Å². The van der Waals surface area contributed by atoms with Crippen LogP contribution in [0.5, 0.6) is 0 Å². The second-order valence-corrected chi connectivity index (χ2v) is 6.33. The van der Waals surface area contributed by atoms with Crippen LogP contribution in [0.1, 0.15) is 34.3 Å². The van der Waals surface area contributed by atoms with Gasteiger partial charge in [0.25, 0.3) is 0 Å². The maximum absolute atomic E-state index is 12.9. The molecule has 0 fully saturated rings.